The fourth-order valence-electron chi connectivity index (χ4n) is 6.08. The van der Waals surface area contributed by atoms with Gasteiger partial charge in [-0.15, -0.1) is 0 Å². The SMILES string of the molecule is Cc1c(C)c2c(c(C)c1NC(=O)[O-])CC(C)(CCN1CCC(OC(c3ccccc3)c3ccccc3)CC1)O2. The van der Waals surface area contributed by atoms with Crippen molar-refractivity contribution in [3.8, 4) is 5.75 Å². The van der Waals surface area contributed by atoms with Gasteiger partial charge in [-0.1, -0.05) is 60.7 Å². The number of piperidine rings is 1. The summed E-state index contributed by atoms with van der Waals surface area (Å²) in [5.74, 6) is 0.913. The lowest BCUT2D eigenvalue weighted by Crippen LogP contribution is -2.41. The highest BCUT2D eigenvalue weighted by atomic mass is 16.5. The highest BCUT2D eigenvalue weighted by Gasteiger charge is 2.38. The summed E-state index contributed by atoms with van der Waals surface area (Å²) in [4.78, 5) is 13.8. The summed E-state index contributed by atoms with van der Waals surface area (Å²) in [6.45, 7) is 11.0. The van der Waals surface area contributed by atoms with Gasteiger partial charge in [-0.25, -0.2) is 0 Å². The Morgan fingerprint density at radius 3 is 2.15 bits per heavy atom. The van der Waals surface area contributed by atoms with Crippen molar-refractivity contribution in [1.29, 1.82) is 0 Å². The number of rotatable bonds is 8. The van der Waals surface area contributed by atoms with Crippen LogP contribution in [0.3, 0.4) is 0 Å². The third kappa shape index (κ3) is 5.97. The van der Waals surface area contributed by atoms with Crippen LogP contribution in [0.4, 0.5) is 10.5 Å². The van der Waals surface area contributed by atoms with Gasteiger partial charge in [0.1, 0.15) is 23.5 Å². The molecular formula is C33H39N2O4-. The lowest BCUT2D eigenvalue weighted by Gasteiger charge is -2.35. The molecule has 0 radical (unpaired) electrons. The van der Waals surface area contributed by atoms with E-state index in [1.807, 2.05) is 32.9 Å². The quantitative estimate of drug-likeness (QED) is 0.406. The third-order valence-corrected chi connectivity index (χ3v) is 8.53. The molecule has 1 saturated heterocycles. The predicted molar refractivity (Wildman–Crippen MR) is 152 cm³/mol. The van der Waals surface area contributed by atoms with E-state index >= 15 is 0 Å². The van der Waals surface area contributed by atoms with Crippen molar-refractivity contribution in [1.82, 2.24) is 4.90 Å². The Morgan fingerprint density at radius 2 is 1.59 bits per heavy atom. The first-order valence-electron chi connectivity index (χ1n) is 14.0. The van der Waals surface area contributed by atoms with Gasteiger partial charge in [0.25, 0.3) is 0 Å². The number of ether oxygens (including phenoxy) is 2. The summed E-state index contributed by atoms with van der Waals surface area (Å²) in [5.41, 5.74) is 6.62. The Bertz CT molecular complexity index is 1260. The summed E-state index contributed by atoms with van der Waals surface area (Å²) >= 11 is 0. The minimum absolute atomic E-state index is 0.0560. The van der Waals surface area contributed by atoms with Crippen LogP contribution in [0.25, 0.3) is 0 Å². The molecule has 0 saturated carbocycles. The summed E-state index contributed by atoms with van der Waals surface area (Å²) < 4.78 is 13.3. The van der Waals surface area contributed by atoms with Gasteiger partial charge >= 0.3 is 0 Å². The van der Waals surface area contributed by atoms with Gasteiger partial charge in [0, 0.05) is 37.3 Å². The predicted octanol–water partition coefficient (Wildman–Crippen LogP) is 5.72. The van der Waals surface area contributed by atoms with Crippen molar-refractivity contribution in [2.24, 2.45) is 0 Å². The second-order valence-electron chi connectivity index (χ2n) is 11.3. The van der Waals surface area contributed by atoms with E-state index in [1.165, 1.54) is 11.1 Å². The molecule has 1 N–H and O–H groups in total. The lowest BCUT2D eigenvalue weighted by molar-refractivity contribution is -0.242. The maximum atomic E-state index is 11.2. The van der Waals surface area contributed by atoms with Crippen molar-refractivity contribution in [2.75, 3.05) is 25.0 Å². The number of carbonyl (C=O) groups excluding carboxylic acids is 1. The Hall–Kier alpha value is -3.35. The minimum Gasteiger partial charge on any atom is -0.530 e. The van der Waals surface area contributed by atoms with Gasteiger partial charge in [0.15, 0.2) is 0 Å². The minimum atomic E-state index is -1.28. The fraction of sp³-hybridized carbons (Fsp3) is 0.424. The molecule has 1 unspecified atom stereocenters. The molecule has 2 aliphatic rings. The number of hydrogen-bond acceptors (Lipinski definition) is 5. The van der Waals surface area contributed by atoms with Crippen LogP contribution in [0.15, 0.2) is 60.7 Å². The van der Waals surface area contributed by atoms with Crippen molar-refractivity contribution < 1.29 is 19.4 Å². The molecule has 1 amide bonds. The van der Waals surface area contributed by atoms with E-state index in [2.05, 4.69) is 65.7 Å². The summed E-state index contributed by atoms with van der Waals surface area (Å²) in [6, 6.07) is 21.0. The monoisotopic (exact) mass is 527 g/mol. The molecule has 6 heteroatoms. The zero-order chi connectivity index (χ0) is 27.6. The number of nitrogens with one attached hydrogen (secondary N) is 1. The number of amides is 1. The van der Waals surface area contributed by atoms with E-state index in [4.69, 9.17) is 9.47 Å². The zero-order valence-electron chi connectivity index (χ0n) is 23.5. The lowest BCUT2D eigenvalue weighted by atomic mass is 9.90. The summed E-state index contributed by atoms with van der Waals surface area (Å²) in [7, 11) is 0. The van der Waals surface area contributed by atoms with Crippen molar-refractivity contribution in [3.05, 3.63) is 94.0 Å². The van der Waals surface area contributed by atoms with Crippen molar-refractivity contribution in [2.45, 2.75) is 71.2 Å². The first-order chi connectivity index (χ1) is 18.7. The van der Waals surface area contributed by atoms with E-state index in [0.29, 0.717) is 5.69 Å². The molecule has 0 aliphatic carbocycles. The Morgan fingerprint density at radius 1 is 1.00 bits per heavy atom. The highest BCUT2D eigenvalue weighted by Crippen LogP contribution is 2.45. The second-order valence-corrected chi connectivity index (χ2v) is 11.3. The van der Waals surface area contributed by atoms with Crippen LogP contribution in [0.2, 0.25) is 0 Å². The maximum absolute atomic E-state index is 11.2. The number of carbonyl (C=O) groups is 1. The van der Waals surface area contributed by atoms with Crippen LogP contribution >= 0.6 is 0 Å². The molecule has 2 heterocycles. The van der Waals surface area contributed by atoms with E-state index in [9.17, 15) is 9.90 Å². The molecule has 39 heavy (non-hydrogen) atoms. The van der Waals surface area contributed by atoms with Crippen LogP contribution < -0.4 is 15.2 Å². The number of fused-ring (bicyclic) bond motifs is 1. The van der Waals surface area contributed by atoms with Crippen LogP contribution in [-0.4, -0.2) is 42.3 Å². The van der Waals surface area contributed by atoms with E-state index in [1.54, 1.807) is 0 Å². The molecule has 1 atom stereocenters. The first-order valence-corrected chi connectivity index (χ1v) is 14.0. The van der Waals surface area contributed by atoms with Gasteiger partial charge in [0.2, 0.25) is 0 Å². The molecule has 3 aromatic rings. The van der Waals surface area contributed by atoms with Crippen molar-refractivity contribution >= 4 is 11.8 Å². The molecule has 0 aromatic heterocycles. The number of nitrogens with zero attached hydrogens (tertiary/aromatic N) is 1. The van der Waals surface area contributed by atoms with Gasteiger partial charge in [-0.2, -0.15) is 0 Å². The molecule has 2 aliphatic heterocycles. The number of benzene rings is 3. The fourth-order valence-corrected chi connectivity index (χ4v) is 6.08. The average Bonchev–Trinajstić information content (AvgIpc) is 3.31. The molecule has 1 fully saturated rings. The van der Waals surface area contributed by atoms with Crippen molar-refractivity contribution in [3.63, 3.8) is 0 Å². The number of anilines is 1. The number of carboxylic acid groups (broad SMARTS) is 1. The maximum Gasteiger partial charge on any atom is 0.138 e. The Labute approximate surface area is 232 Å². The average molecular weight is 528 g/mol. The molecule has 3 aromatic carbocycles. The standard InChI is InChI=1S/C33H40N2O4/c1-22-23(2)30-28(24(3)29(22)34-32(36)37)21-33(4,39-30)17-20-35-18-15-27(16-19-35)38-31(25-11-7-5-8-12-25)26-13-9-6-10-14-26/h5-14,27,31,34H,15-21H2,1-4H3,(H,36,37)/p-1. The van der Waals surface area contributed by atoms with Gasteiger partial charge in [-0.3, -0.25) is 0 Å². The summed E-state index contributed by atoms with van der Waals surface area (Å²) in [6.07, 6.45) is 2.56. The molecular weight excluding hydrogens is 488 g/mol. The van der Waals surface area contributed by atoms with Gasteiger partial charge in [0.05, 0.1) is 6.10 Å². The van der Waals surface area contributed by atoms with Crippen LogP contribution in [0, 0.1) is 20.8 Å². The summed E-state index contributed by atoms with van der Waals surface area (Å²) in [5, 5.41) is 13.7. The van der Waals surface area contributed by atoms with Gasteiger partial charge < -0.3 is 29.6 Å². The number of likely N-dealkylation sites (tertiary alicyclic amines) is 1. The number of hydrogen-bond donors (Lipinski definition) is 1. The van der Waals surface area contributed by atoms with E-state index < -0.39 is 6.09 Å². The van der Waals surface area contributed by atoms with Crippen LogP contribution in [0.1, 0.15) is 65.7 Å². The van der Waals surface area contributed by atoms with E-state index in [0.717, 1.165) is 73.3 Å². The van der Waals surface area contributed by atoms with Crippen LogP contribution in [0.5, 0.6) is 5.75 Å². The Balaban J connectivity index is 1.18. The molecule has 5 rings (SSSR count). The molecule has 206 valence electrons. The normalized spacial score (nSPS) is 19.6. The Kier molecular flexibility index (Phi) is 7.96. The molecule has 0 bridgehead atoms. The smallest absolute Gasteiger partial charge is 0.138 e. The zero-order valence-corrected chi connectivity index (χ0v) is 23.5. The highest BCUT2D eigenvalue weighted by molar-refractivity contribution is 5.85. The molecule has 0 spiro atoms. The second kappa shape index (κ2) is 11.4. The van der Waals surface area contributed by atoms with E-state index in [-0.39, 0.29) is 17.8 Å². The van der Waals surface area contributed by atoms with Crippen LogP contribution in [-0.2, 0) is 11.2 Å². The third-order valence-electron chi connectivity index (χ3n) is 8.53. The largest absolute Gasteiger partial charge is 0.530 e. The first kappa shape index (κ1) is 27.2. The molecule has 6 nitrogen and oxygen atoms in total. The topological polar surface area (TPSA) is 73.9 Å². The van der Waals surface area contributed by atoms with Gasteiger partial charge in [-0.05, 0) is 74.8 Å².